The molecule has 3 rings (SSSR count). The van der Waals surface area contributed by atoms with Crippen LogP contribution in [0, 0.1) is 0 Å². The molecule has 1 atom stereocenters. The Balaban J connectivity index is 1.72. The van der Waals surface area contributed by atoms with E-state index in [1.54, 1.807) is 12.1 Å². The van der Waals surface area contributed by atoms with Crippen molar-refractivity contribution < 1.29 is 13.7 Å². The van der Waals surface area contributed by atoms with Crippen molar-refractivity contribution >= 4 is 0 Å². The van der Waals surface area contributed by atoms with Crippen LogP contribution >= 0.6 is 0 Å². The van der Waals surface area contributed by atoms with Gasteiger partial charge in [0.2, 0.25) is 0 Å². The normalized spacial score (nSPS) is 19.5. The summed E-state index contributed by atoms with van der Waals surface area (Å²) < 4.78 is 16.1. The van der Waals surface area contributed by atoms with Gasteiger partial charge in [0, 0.05) is 13.0 Å². The van der Waals surface area contributed by atoms with Crippen molar-refractivity contribution in [3.63, 3.8) is 0 Å². The van der Waals surface area contributed by atoms with Gasteiger partial charge in [-0.05, 0) is 25.0 Å². The van der Waals surface area contributed by atoms with Crippen LogP contribution < -0.4 is 5.73 Å². The van der Waals surface area contributed by atoms with Gasteiger partial charge in [-0.25, -0.2) is 0 Å². The van der Waals surface area contributed by atoms with Gasteiger partial charge < -0.3 is 19.4 Å². The summed E-state index contributed by atoms with van der Waals surface area (Å²) in [5.41, 5.74) is 5.48. The highest BCUT2D eigenvalue weighted by Crippen LogP contribution is 2.21. The second kappa shape index (κ2) is 4.91. The number of nitrogens with two attached hydrogens (primary N) is 1. The summed E-state index contributed by atoms with van der Waals surface area (Å²) in [6, 6.07) is 3.59. The maximum Gasteiger partial charge on any atom is 0.293 e. The number of hydrogen-bond acceptors (Lipinski definition) is 6. The molecule has 1 aliphatic heterocycles. The van der Waals surface area contributed by atoms with Crippen LogP contribution in [0.2, 0.25) is 0 Å². The fourth-order valence-corrected chi connectivity index (χ4v) is 2.05. The third kappa shape index (κ3) is 2.30. The van der Waals surface area contributed by atoms with Gasteiger partial charge in [0.1, 0.15) is 5.76 Å². The lowest BCUT2D eigenvalue weighted by Gasteiger charge is -2.03. The summed E-state index contributed by atoms with van der Waals surface area (Å²) in [5, 5.41) is 3.93. The number of furan rings is 1. The third-order valence-electron chi connectivity index (χ3n) is 2.98. The molecular weight excluding hydrogens is 234 g/mol. The molecule has 1 aliphatic rings. The Morgan fingerprint density at radius 1 is 1.39 bits per heavy atom. The molecule has 1 saturated heterocycles. The van der Waals surface area contributed by atoms with Crippen molar-refractivity contribution in [1.29, 1.82) is 0 Å². The van der Waals surface area contributed by atoms with Gasteiger partial charge in [-0.1, -0.05) is 5.16 Å². The number of nitrogens with zero attached hydrogens (tertiary/aromatic N) is 2. The maximum atomic E-state index is 5.53. The molecule has 6 heteroatoms. The minimum Gasteiger partial charge on any atom is -0.455 e. The minimum atomic E-state index is 0.214. The number of rotatable bonds is 4. The zero-order chi connectivity index (χ0) is 12.4. The van der Waals surface area contributed by atoms with Crippen LogP contribution in [-0.4, -0.2) is 22.9 Å². The summed E-state index contributed by atoms with van der Waals surface area (Å²) in [6.07, 6.45) is 3.07. The second-order valence-corrected chi connectivity index (χ2v) is 4.32. The second-order valence-electron chi connectivity index (χ2n) is 4.32. The van der Waals surface area contributed by atoms with Crippen LogP contribution in [0.5, 0.6) is 0 Å². The molecule has 2 aromatic rings. The van der Waals surface area contributed by atoms with Crippen molar-refractivity contribution in [2.45, 2.75) is 31.9 Å². The summed E-state index contributed by atoms with van der Waals surface area (Å²) in [5.74, 6) is 2.30. The number of aromatic nitrogens is 2. The summed E-state index contributed by atoms with van der Waals surface area (Å²) >= 11 is 0. The summed E-state index contributed by atoms with van der Waals surface area (Å²) in [6.45, 7) is 1.18. The molecule has 18 heavy (non-hydrogen) atoms. The molecule has 0 aromatic carbocycles. The molecule has 6 nitrogen and oxygen atoms in total. The molecule has 1 fully saturated rings. The van der Waals surface area contributed by atoms with E-state index in [0.29, 0.717) is 36.2 Å². The summed E-state index contributed by atoms with van der Waals surface area (Å²) in [7, 11) is 0. The zero-order valence-electron chi connectivity index (χ0n) is 9.96. The van der Waals surface area contributed by atoms with Gasteiger partial charge in [0.05, 0.1) is 12.6 Å². The van der Waals surface area contributed by atoms with E-state index in [4.69, 9.17) is 19.4 Å². The topological polar surface area (TPSA) is 87.3 Å². The predicted molar refractivity (Wildman–Crippen MR) is 62.6 cm³/mol. The lowest BCUT2D eigenvalue weighted by atomic mass is 10.2. The van der Waals surface area contributed by atoms with Crippen molar-refractivity contribution in [2.24, 2.45) is 5.73 Å². The largest absolute Gasteiger partial charge is 0.455 e. The SMILES string of the molecule is NCc1ccc(-c2nc(CC3CCCO3)no2)o1. The monoisotopic (exact) mass is 249 g/mol. The van der Waals surface area contributed by atoms with Gasteiger partial charge in [-0.15, -0.1) is 0 Å². The van der Waals surface area contributed by atoms with Crippen LogP contribution in [0.3, 0.4) is 0 Å². The Hall–Kier alpha value is -1.66. The van der Waals surface area contributed by atoms with E-state index in [0.717, 1.165) is 19.4 Å². The van der Waals surface area contributed by atoms with E-state index < -0.39 is 0 Å². The zero-order valence-corrected chi connectivity index (χ0v) is 9.96. The van der Waals surface area contributed by atoms with Crippen LogP contribution in [0.4, 0.5) is 0 Å². The minimum absolute atomic E-state index is 0.214. The molecular formula is C12H15N3O3. The standard InChI is InChI=1S/C12H15N3O3/c13-7-9-3-4-10(17-9)12-14-11(15-18-12)6-8-2-1-5-16-8/h3-4,8H,1-2,5-7,13H2. The van der Waals surface area contributed by atoms with Crippen LogP contribution in [0.1, 0.15) is 24.4 Å². The smallest absolute Gasteiger partial charge is 0.293 e. The highest BCUT2D eigenvalue weighted by Gasteiger charge is 2.20. The fraction of sp³-hybridized carbons (Fsp3) is 0.500. The molecule has 0 spiro atoms. The average molecular weight is 249 g/mol. The third-order valence-corrected chi connectivity index (χ3v) is 2.98. The predicted octanol–water partition coefficient (Wildman–Crippen LogP) is 1.51. The Morgan fingerprint density at radius 2 is 2.33 bits per heavy atom. The lowest BCUT2D eigenvalue weighted by Crippen LogP contribution is -2.09. The average Bonchev–Trinajstić information content (AvgIpc) is 3.09. The van der Waals surface area contributed by atoms with Gasteiger partial charge in [-0.3, -0.25) is 0 Å². The van der Waals surface area contributed by atoms with Gasteiger partial charge in [0.25, 0.3) is 5.89 Å². The molecule has 2 N–H and O–H groups in total. The first-order valence-corrected chi connectivity index (χ1v) is 6.08. The molecule has 3 heterocycles. The maximum absolute atomic E-state index is 5.53. The first-order valence-electron chi connectivity index (χ1n) is 6.08. The highest BCUT2D eigenvalue weighted by molar-refractivity contribution is 5.44. The van der Waals surface area contributed by atoms with Crippen molar-refractivity contribution in [2.75, 3.05) is 6.61 Å². The molecule has 0 saturated carbocycles. The fourth-order valence-electron chi connectivity index (χ4n) is 2.05. The van der Waals surface area contributed by atoms with E-state index >= 15 is 0 Å². The van der Waals surface area contributed by atoms with Crippen LogP contribution in [0.25, 0.3) is 11.7 Å². The first kappa shape index (κ1) is 11.4. The van der Waals surface area contributed by atoms with E-state index in [1.165, 1.54) is 0 Å². The van der Waals surface area contributed by atoms with E-state index in [1.807, 2.05) is 0 Å². The highest BCUT2D eigenvalue weighted by atomic mass is 16.5. The summed E-state index contributed by atoms with van der Waals surface area (Å²) in [4.78, 5) is 4.30. The lowest BCUT2D eigenvalue weighted by molar-refractivity contribution is 0.109. The molecule has 96 valence electrons. The molecule has 0 aliphatic carbocycles. The van der Waals surface area contributed by atoms with Crippen molar-refractivity contribution in [3.8, 4) is 11.7 Å². The van der Waals surface area contributed by atoms with E-state index in [2.05, 4.69) is 10.1 Å². The molecule has 0 bridgehead atoms. The Labute approximate surface area is 104 Å². The quantitative estimate of drug-likeness (QED) is 0.883. The Kier molecular flexibility index (Phi) is 3.12. The van der Waals surface area contributed by atoms with Gasteiger partial charge >= 0.3 is 0 Å². The van der Waals surface area contributed by atoms with Gasteiger partial charge in [-0.2, -0.15) is 4.98 Å². The van der Waals surface area contributed by atoms with E-state index in [9.17, 15) is 0 Å². The number of hydrogen-bond donors (Lipinski definition) is 1. The molecule has 2 aromatic heterocycles. The van der Waals surface area contributed by atoms with Crippen LogP contribution in [-0.2, 0) is 17.7 Å². The van der Waals surface area contributed by atoms with Gasteiger partial charge in [0.15, 0.2) is 11.6 Å². The Bertz CT molecular complexity index is 514. The molecule has 1 unspecified atom stereocenters. The molecule has 0 radical (unpaired) electrons. The Morgan fingerprint density at radius 3 is 3.06 bits per heavy atom. The number of ether oxygens (including phenoxy) is 1. The van der Waals surface area contributed by atoms with Crippen LogP contribution in [0.15, 0.2) is 21.1 Å². The molecule has 0 amide bonds. The van der Waals surface area contributed by atoms with Crippen molar-refractivity contribution in [3.05, 3.63) is 23.7 Å². The van der Waals surface area contributed by atoms with Crippen molar-refractivity contribution in [1.82, 2.24) is 10.1 Å². The van der Waals surface area contributed by atoms with E-state index in [-0.39, 0.29) is 6.10 Å². The first-order chi connectivity index (χ1) is 8.85.